The van der Waals surface area contributed by atoms with Gasteiger partial charge in [0.05, 0.1) is 0 Å². The molecule has 0 aromatic rings. The Morgan fingerprint density at radius 1 is 1.25 bits per heavy atom. The van der Waals surface area contributed by atoms with E-state index in [1.807, 2.05) is 0 Å². The Morgan fingerprint density at radius 3 is 2.95 bits per heavy atom. The van der Waals surface area contributed by atoms with Crippen LogP contribution >= 0.6 is 0 Å². The molecule has 4 rings (SSSR count). The van der Waals surface area contributed by atoms with E-state index in [9.17, 15) is 4.79 Å². The van der Waals surface area contributed by atoms with Gasteiger partial charge in [0.2, 0.25) is 0 Å². The molecule has 1 heterocycles. The van der Waals surface area contributed by atoms with Gasteiger partial charge in [-0.3, -0.25) is 4.79 Å². The molecule has 0 bridgehead atoms. The summed E-state index contributed by atoms with van der Waals surface area (Å²) in [5.41, 5.74) is 0.138. The monoisotopic (exact) mass is 274 g/mol. The fourth-order valence-electron chi connectivity index (χ4n) is 6.03. The molecule has 0 amide bonds. The van der Waals surface area contributed by atoms with Gasteiger partial charge in [-0.15, -0.1) is 0 Å². The molecule has 0 aromatic carbocycles. The molecule has 6 unspecified atom stereocenters. The molecule has 3 aliphatic carbocycles. The van der Waals surface area contributed by atoms with Crippen molar-refractivity contribution in [3.8, 4) is 0 Å². The lowest BCUT2D eigenvalue weighted by Crippen LogP contribution is -2.49. The molecule has 6 atom stereocenters. The zero-order valence-corrected chi connectivity index (χ0v) is 12.7. The summed E-state index contributed by atoms with van der Waals surface area (Å²) >= 11 is 0. The summed E-state index contributed by atoms with van der Waals surface area (Å²) in [5.74, 6) is 5.08. The van der Waals surface area contributed by atoms with Crippen molar-refractivity contribution in [3.05, 3.63) is 11.8 Å². The smallest absolute Gasteiger partial charge is 0.310 e. The molecular formula is C18H26O2. The van der Waals surface area contributed by atoms with Crippen LogP contribution in [0.2, 0.25) is 0 Å². The highest BCUT2D eigenvalue weighted by molar-refractivity contribution is 5.72. The lowest BCUT2D eigenvalue weighted by atomic mass is 9.51. The summed E-state index contributed by atoms with van der Waals surface area (Å²) in [7, 11) is 0. The van der Waals surface area contributed by atoms with Gasteiger partial charge in [0.15, 0.2) is 0 Å². The van der Waals surface area contributed by atoms with Crippen molar-refractivity contribution >= 4 is 5.97 Å². The van der Waals surface area contributed by atoms with Crippen molar-refractivity contribution < 1.29 is 9.53 Å². The van der Waals surface area contributed by atoms with Crippen LogP contribution < -0.4 is 0 Å². The zero-order chi connectivity index (χ0) is 13.9. The summed E-state index contributed by atoms with van der Waals surface area (Å²) in [6, 6.07) is 0. The molecule has 0 spiro atoms. The minimum absolute atomic E-state index is 0.0195. The molecule has 110 valence electrons. The molecule has 1 aliphatic heterocycles. The van der Waals surface area contributed by atoms with E-state index in [1.54, 1.807) is 0 Å². The van der Waals surface area contributed by atoms with Crippen LogP contribution in [0.5, 0.6) is 0 Å². The quantitative estimate of drug-likeness (QED) is 0.615. The predicted molar refractivity (Wildman–Crippen MR) is 77.7 cm³/mol. The van der Waals surface area contributed by atoms with Crippen LogP contribution in [0.1, 0.15) is 58.8 Å². The largest absolute Gasteiger partial charge is 0.431 e. The third-order valence-electron chi connectivity index (χ3n) is 7.00. The fourth-order valence-corrected chi connectivity index (χ4v) is 6.03. The lowest BCUT2D eigenvalue weighted by Gasteiger charge is -2.55. The van der Waals surface area contributed by atoms with Crippen LogP contribution in [-0.4, -0.2) is 5.97 Å². The first-order valence-corrected chi connectivity index (χ1v) is 8.52. The van der Waals surface area contributed by atoms with Crippen molar-refractivity contribution in [1.82, 2.24) is 0 Å². The second-order valence-corrected chi connectivity index (χ2v) is 7.90. The van der Waals surface area contributed by atoms with Gasteiger partial charge in [0.25, 0.3) is 0 Å². The van der Waals surface area contributed by atoms with Gasteiger partial charge in [-0.05, 0) is 61.3 Å². The minimum Gasteiger partial charge on any atom is -0.431 e. The molecular weight excluding hydrogens is 248 g/mol. The summed E-state index contributed by atoms with van der Waals surface area (Å²) in [6.45, 7) is 4.72. The van der Waals surface area contributed by atoms with Gasteiger partial charge in [-0.2, -0.15) is 0 Å². The van der Waals surface area contributed by atoms with E-state index in [2.05, 4.69) is 19.9 Å². The number of carbonyl (C=O) groups is 1. The molecule has 1 saturated heterocycles. The normalized spacial score (nSPS) is 50.6. The molecule has 0 aromatic heterocycles. The molecule has 2 heteroatoms. The third kappa shape index (κ3) is 1.66. The van der Waals surface area contributed by atoms with E-state index in [0.29, 0.717) is 12.3 Å². The van der Waals surface area contributed by atoms with Crippen LogP contribution in [0.25, 0.3) is 0 Å². The van der Waals surface area contributed by atoms with Gasteiger partial charge in [0, 0.05) is 11.8 Å². The average molecular weight is 274 g/mol. The summed E-state index contributed by atoms with van der Waals surface area (Å²) in [5, 5.41) is 0. The third-order valence-corrected chi connectivity index (χ3v) is 7.00. The molecule has 0 N–H and O–H groups in total. The predicted octanol–water partition coefficient (Wildman–Crippen LogP) is 4.31. The van der Waals surface area contributed by atoms with E-state index in [4.69, 9.17) is 4.74 Å². The molecule has 2 nitrogen and oxygen atoms in total. The molecule has 4 aliphatic rings. The standard InChI is InChI=1S/C18H26O2/c1-11-10-15-18(2,9-8-16(19)20-15)14-7-6-12-4-3-5-13(12)17(11)14/h10-14,17H,3-9H2,1-2H3. The highest BCUT2D eigenvalue weighted by atomic mass is 16.5. The van der Waals surface area contributed by atoms with Gasteiger partial charge >= 0.3 is 5.97 Å². The number of hydrogen-bond donors (Lipinski definition) is 0. The van der Waals surface area contributed by atoms with Gasteiger partial charge in [0.1, 0.15) is 5.76 Å². The van der Waals surface area contributed by atoms with E-state index < -0.39 is 0 Å². The summed E-state index contributed by atoms with van der Waals surface area (Å²) in [6.07, 6.45) is 11.0. The van der Waals surface area contributed by atoms with Crippen LogP contribution in [0.3, 0.4) is 0 Å². The van der Waals surface area contributed by atoms with Crippen molar-refractivity contribution in [2.45, 2.75) is 58.8 Å². The van der Waals surface area contributed by atoms with E-state index in [1.165, 1.54) is 32.1 Å². The van der Waals surface area contributed by atoms with Gasteiger partial charge < -0.3 is 4.74 Å². The Balaban J connectivity index is 1.73. The highest BCUT2D eigenvalue weighted by Gasteiger charge is 2.55. The molecule has 20 heavy (non-hydrogen) atoms. The number of rotatable bonds is 0. The minimum atomic E-state index is -0.0195. The van der Waals surface area contributed by atoms with Crippen LogP contribution in [0.15, 0.2) is 11.8 Å². The number of allylic oxidation sites excluding steroid dienone is 2. The zero-order valence-electron chi connectivity index (χ0n) is 12.7. The van der Waals surface area contributed by atoms with Crippen molar-refractivity contribution in [1.29, 1.82) is 0 Å². The lowest BCUT2D eigenvalue weighted by molar-refractivity contribution is -0.151. The second kappa shape index (κ2) is 4.35. The second-order valence-electron chi connectivity index (χ2n) is 7.90. The van der Waals surface area contributed by atoms with Crippen LogP contribution in [0, 0.1) is 35.0 Å². The van der Waals surface area contributed by atoms with Crippen molar-refractivity contribution in [2.24, 2.45) is 35.0 Å². The number of fused-ring (bicyclic) bond motifs is 5. The SMILES string of the molecule is CC1C=C2OC(=O)CCC2(C)C2CCC3CCCC3C12. The summed E-state index contributed by atoms with van der Waals surface area (Å²) in [4.78, 5) is 11.6. The maximum Gasteiger partial charge on any atom is 0.310 e. The molecule has 3 fully saturated rings. The highest BCUT2D eigenvalue weighted by Crippen LogP contribution is 2.61. The van der Waals surface area contributed by atoms with Crippen LogP contribution in [-0.2, 0) is 9.53 Å². The molecule has 0 radical (unpaired) electrons. The maximum atomic E-state index is 11.6. The Bertz CT molecular complexity index is 466. The topological polar surface area (TPSA) is 26.3 Å². The Morgan fingerprint density at radius 2 is 2.10 bits per heavy atom. The van der Waals surface area contributed by atoms with Crippen molar-refractivity contribution in [3.63, 3.8) is 0 Å². The first kappa shape index (κ1) is 12.9. The number of ether oxygens (including phenoxy) is 1. The Hall–Kier alpha value is -0.790. The number of esters is 1. The van der Waals surface area contributed by atoms with E-state index in [0.717, 1.165) is 35.9 Å². The van der Waals surface area contributed by atoms with E-state index in [-0.39, 0.29) is 11.4 Å². The Labute approximate surface area is 122 Å². The first-order valence-electron chi connectivity index (χ1n) is 8.52. The average Bonchev–Trinajstić information content (AvgIpc) is 2.89. The summed E-state index contributed by atoms with van der Waals surface area (Å²) < 4.78 is 5.65. The van der Waals surface area contributed by atoms with Crippen LogP contribution in [0.4, 0.5) is 0 Å². The number of carbonyl (C=O) groups excluding carboxylic acids is 1. The van der Waals surface area contributed by atoms with E-state index >= 15 is 0 Å². The molecule has 2 saturated carbocycles. The first-order chi connectivity index (χ1) is 9.59. The van der Waals surface area contributed by atoms with Gasteiger partial charge in [-0.25, -0.2) is 0 Å². The fraction of sp³-hybridized carbons (Fsp3) is 0.833. The number of hydrogen-bond acceptors (Lipinski definition) is 2. The van der Waals surface area contributed by atoms with Gasteiger partial charge in [-0.1, -0.05) is 26.7 Å². The van der Waals surface area contributed by atoms with Crippen molar-refractivity contribution in [2.75, 3.05) is 0 Å². The maximum absolute atomic E-state index is 11.6. The Kier molecular flexibility index (Phi) is 2.81.